The van der Waals surface area contributed by atoms with Crippen LogP contribution in [0, 0.1) is 5.82 Å². The molecule has 3 rings (SSSR count). The van der Waals surface area contributed by atoms with Crippen molar-refractivity contribution >= 4 is 17.6 Å². The first-order valence-electron chi connectivity index (χ1n) is 7.64. The van der Waals surface area contributed by atoms with E-state index in [1.807, 2.05) is 0 Å². The predicted octanol–water partition coefficient (Wildman–Crippen LogP) is 2.21. The average molecular weight is 328 g/mol. The smallest absolute Gasteiger partial charge is 0.321 e. The molecule has 1 aromatic carbocycles. The second-order valence-corrected chi connectivity index (χ2v) is 5.45. The summed E-state index contributed by atoms with van der Waals surface area (Å²) in [5, 5.41) is 2.72. The minimum Gasteiger partial charge on any atom is -0.335 e. The maximum atomic E-state index is 12.9. The number of carbonyl (C=O) groups excluding carboxylic acids is 2. The summed E-state index contributed by atoms with van der Waals surface area (Å²) >= 11 is 0. The van der Waals surface area contributed by atoms with Crippen molar-refractivity contribution in [3.63, 3.8) is 0 Å². The van der Waals surface area contributed by atoms with Crippen LogP contribution in [0.5, 0.6) is 0 Å². The van der Waals surface area contributed by atoms with E-state index in [1.165, 1.54) is 24.3 Å². The zero-order valence-electron chi connectivity index (χ0n) is 13.0. The van der Waals surface area contributed by atoms with Gasteiger partial charge in [0, 0.05) is 49.8 Å². The lowest BCUT2D eigenvalue weighted by atomic mass is 10.2. The zero-order chi connectivity index (χ0) is 16.9. The standard InChI is InChI=1S/C17H17FN4O2/c18-14-1-3-15(4-2-14)20-17(24)22-11-9-21(10-12-22)16(23)13-5-7-19-8-6-13/h1-8H,9-12H2,(H,20,24). The molecule has 7 heteroatoms. The van der Waals surface area contributed by atoms with Crippen LogP contribution in [-0.2, 0) is 0 Å². The fourth-order valence-electron chi connectivity index (χ4n) is 2.53. The highest BCUT2D eigenvalue weighted by Crippen LogP contribution is 2.12. The normalized spacial score (nSPS) is 14.4. The number of piperazine rings is 1. The number of hydrogen-bond donors (Lipinski definition) is 1. The lowest BCUT2D eigenvalue weighted by Gasteiger charge is -2.34. The Hall–Kier alpha value is -2.96. The van der Waals surface area contributed by atoms with Gasteiger partial charge >= 0.3 is 6.03 Å². The minimum atomic E-state index is -0.351. The van der Waals surface area contributed by atoms with Gasteiger partial charge in [0.05, 0.1) is 0 Å². The van der Waals surface area contributed by atoms with Gasteiger partial charge in [0.25, 0.3) is 5.91 Å². The molecule has 2 aromatic rings. The highest BCUT2D eigenvalue weighted by atomic mass is 19.1. The fourth-order valence-corrected chi connectivity index (χ4v) is 2.53. The van der Waals surface area contributed by atoms with Gasteiger partial charge in [-0.05, 0) is 36.4 Å². The molecule has 0 saturated carbocycles. The lowest BCUT2D eigenvalue weighted by Crippen LogP contribution is -2.51. The second kappa shape index (κ2) is 7.08. The van der Waals surface area contributed by atoms with Gasteiger partial charge in [0.15, 0.2) is 0 Å². The second-order valence-electron chi connectivity index (χ2n) is 5.45. The van der Waals surface area contributed by atoms with Gasteiger partial charge in [-0.2, -0.15) is 0 Å². The van der Waals surface area contributed by atoms with Crippen LogP contribution in [0.1, 0.15) is 10.4 Å². The number of pyridine rings is 1. The van der Waals surface area contributed by atoms with Crippen LogP contribution >= 0.6 is 0 Å². The summed E-state index contributed by atoms with van der Waals surface area (Å²) < 4.78 is 12.9. The van der Waals surface area contributed by atoms with Crippen molar-refractivity contribution in [3.05, 3.63) is 60.2 Å². The number of amides is 3. The number of anilines is 1. The average Bonchev–Trinajstić information content (AvgIpc) is 2.64. The molecule has 1 aliphatic heterocycles. The first kappa shape index (κ1) is 15.9. The predicted molar refractivity (Wildman–Crippen MR) is 87.1 cm³/mol. The van der Waals surface area contributed by atoms with Crippen LogP contribution in [0.25, 0.3) is 0 Å². The first-order valence-corrected chi connectivity index (χ1v) is 7.64. The molecule has 0 radical (unpaired) electrons. The summed E-state index contributed by atoms with van der Waals surface area (Å²) in [6, 6.07) is 8.71. The number of carbonyl (C=O) groups is 2. The van der Waals surface area contributed by atoms with Crippen LogP contribution in [-0.4, -0.2) is 52.9 Å². The van der Waals surface area contributed by atoms with Crippen LogP contribution in [0.15, 0.2) is 48.8 Å². The molecule has 1 aromatic heterocycles. The molecule has 0 unspecified atom stereocenters. The maximum Gasteiger partial charge on any atom is 0.321 e. The van der Waals surface area contributed by atoms with E-state index in [0.29, 0.717) is 37.4 Å². The molecule has 1 fully saturated rings. The Labute approximate surface area is 138 Å². The Morgan fingerprint density at radius 1 is 0.917 bits per heavy atom. The van der Waals surface area contributed by atoms with E-state index >= 15 is 0 Å². The van der Waals surface area contributed by atoms with Crippen molar-refractivity contribution in [2.75, 3.05) is 31.5 Å². The summed E-state index contributed by atoms with van der Waals surface area (Å²) in [6.45, 7) is 1.84. The van der Waals surface area contributed by atoms with E-state index in [1.54, 1.807) is 34.3 Å². The lowest BCUT2D eigenvalue weighted by molar-refractivity contribution is 0.0671. The minimum absolute atomic E-state index is 0.0593. The van der Waals surface area contributed by atoms with E-state index < -0.39 is 0 Å². The SMILES string of the molecule is O=C(Nc1ccc(F)cc1)N1CCN(C(=O)c2ccncc2)CC1. The summed E-state index contributed by atoms with van der Waals surface area (Å²) in [6.07, 6.45) is 3.17. The Morgan fingerprint density at radius 3 is 2.12 bits per heavy atom. The van der Waals surface area contributed by atoms with Gasteiger partial charge < -0.3 is 15.1 Å². The van der Waals surface area contributed by atoms with Crippen LogP contribution in [0.4, 0.5) is 14.9 Å². The quantitative estimate of drug-likeness (QED) is 0.919. The van der Waals surface area contributed by atoms with E-state index in [2.05, 4.69) is 10.3 Å². The largest absolute Gasteiger partial charge is 0.335 e. The number of hydrogen-bond acceptors (Lipinski definition) is 3. The molecule has 1 saturated heterocycles. The number of aromatic nitrogens is 1. The van der Waals surface area contributed by atoms with Crippen molar-refractivity contribution in [2.24, 2.45) is 0 Å². The molecule has 6 nitrogen and oxygen atoms in total. The summed E-state index contributed by atoms with van der Waals surface area (Å²) in [5.41, 5.74) is 1.13. The van der Waals surface area contributed by atoms with Crippen molar-refractivity contribution in [1.29, 1.82) is 0 Å². The number of urea groups is 1. The maximum absolute atomic E-state index is 12.9. The Balaban J connectivity index is 1.54. The van der Waals surface area contributed by atoms with Crippen molar-refractivity contribution in [1.82, 2.24) is 14.8 Å². The zero-order valence-corrected chi connectivity index (χ0v) is 13.0. The van der Waals surface area contributed by atoms with Gasteiger partial charge in [0.1, 0.15) is 5.82 Å². The Morgan fingerprint density at radius 2 is 1.50 bits per heavy atom. The Bertz CT molecular complexity index is 713. The molecule has 0 spiro atoms. The summed E-state index contributed by atoms with van der Waals surface area (Å²) in [5.74, 6) is -0.410. The van der Waals surface area contributed by atoms with Gasteiger partial charge in [-0.1, -0.05) is 0 Å². The molecular weight excluding hydrogens is 311 g/mol. The van der Waals surface area contributed by atoms with Gasteiger partial charge in [0.2, 0.25) is 0 Å². The molecule has 0 aliphatic carbocycles. The van der Waals surface area contributed by atoms with Gasteiger partial charge in [-0.15, -0.1) is 0 Å². The Kier molecular flexibility index (Phi) is 4.69. The molecule has 24 heavy (non-hydrogen) atoms. The highest BCUT2D eigenvalue weighted by Gasteiger charge is 2.24. The monoisotopic (exact) mass is 328 g/mol. The summed E-state index contributed by atoms with van der Waals surface area (Å²) in [4.78, 5) is 31.8. The molecule has 1 N–H and O–H groups in total. The molecule has 2 heterocycles. The number of benzene rings is 1. The topological polar surface area (TPSA) is 65.5 Å². The number of nitrogens with one attached hydrogen (secondary N) is 1. The van der Waals surface area contributed by atoms with E-state index in [4.69, 9.17) is 0 Å². The van der Waals surface area contributed by atoms with Crippen molar-refractivity contribution < 1.29 is 14.0 Å². The van der Waals surface area contributed by atoms with E-state index in [9.17, 15) is 14.0 Å². The molecule has 0 bridgehead atoms. The number of rotatable bonds is 2. The van der Waals surface area contributed by atoms with Gasteiger partial charge in [-0.25, -0.2) is 9.18 Å². The highest BCUT2D eigenvalue weighted by molar-refractivity contribution is 5.94. The molecule has 1 aliphatic rings. The fraction of sp³-hybridized carbons (Fsp3) is 0.235. The molecule has 0 atom stereocenters. The van der Waals surface area contributed by atoms with Crippen LogP contribution in [0.2, 0.25) is 0 Å². The summed E-state index contributed by atoms with van der Waals surface area (Å²) in [7, 11) is 0. The van der Waals surface area contributed by atoms with Gasteiger partial charge in [-0.3, -0.25) is 9.78 Å². The van der Waals surface area contributed by atoms with Crippen molar-refractivity contribution in [3.8, 4) is 0 Å². The van der Waals surface area contributed by atoms with Crippen LogP contribution < -0.4 is 5.32 Å². The van der Waals surface area contributed by atoms with E-state index in [-0.39, 0.29) is 17.8 Å². The molecular formula is C17H17FN4O2. The number of nitrogens with zero attached hydrogens (tertiary/aromatic N) is 3. The van der Waals surface area contributed by atoms with E-state index in [0.717, 1.165) is 0 Å². The molecule has 3 amide bonds. The van der Waals surface area contributed by atoms with Crippen molar-refractivity contribution in [2.45, 2.75) is 0 Å². The third kappa shape index (κ3) is 3.68. The third-order valence-electron chi connectivity index (χ3n) is 3.88. The third-order valence-corrected chi connectivity index (χ3v) is 3.88. The molecule has 124 valence electrons. The first-order chi connectivity index (χ1) is 11.6. The number of halogens is 1. The van der Waals surface area contributed by atoms with Crippen LogP contribution in [0.3, 0.4) is 0 Å².